The summed E-state index contributed by atoms with van der Waals surface area (Å²) >= 11 is 0. The first kappa shape index (κ1) is 14.6. The van der Waals surface area contributed by atoms with E-state index in [1.54, 1.807) is 18.4 Å². The number of hydrogen-bond acceptors (Lipinski definition) is 3. The van der Waals surface area contributed by atoms with Crippen molar-refractivity contribution in [1.29, 1.82) is 0 Å². The zero-order valence-corrected chi connectivity index (χ0v) is 10.8. The number of halogens is 3. The fraction of sp³-hybridized carbons (Fsp3) is 0.636. The van der Waals surface area contributed by atoms with Crippen LogP contribution in [0.3, 0.4) is 0 Å². The van der Waals surface area contributed by atoms with Crippen molar-refractivity contribution in [2.24, 2.45) is 7.05 Å². The number of aromatic nitrogens is 2. The molecular formula is C11H15F3N4O2. The van der Waals surface area contributed by atoms with Crippen LogP contribution in [0.2, 0.25) is 0 Å². The Morgan fingerprint density at radius 1 is 1.60 bits per heavy atom. The van der Waals surface area contributed by atoms with Crippen molar-refractivity contribution in [3.8, 4) is 0 Å². The van der Waals surface area contributed by atoms with Crippen LogP contribution >= 0.6 is 0 Å². The Kier molecular flexibility index (Phi) is 4.17. The van der Waals surface area contributed by atoms with E-state index in [0.29, 0.717) is 18.1 Å². The monoisotopic (exact) mass is 292 g/mol. The molecule has 1 aliphatic heterocycles. The standard InChI is InChI=1S/C11H15F3N4O2/c1-18-9(16-10(19)15-6-11(12,13)14)5-7(17-18)8-3-2-4-20-8/h5,8H,2-4,6H2,1H3,(H2,15,16,19)/t8-/m1/s1. The minimum Gasteiger partial charge on any atom is -0.372 e. The third-order valence-electron chi connectivity index (χ3n) is 2.85. The molecule has 0 aliphatic carbocycles. The Hall–Kier alpha value is -1.77. The molecule has 0 bridgehead atoms. The number of alkyl halides is 3. The Labute approximate surface area is 113 Å². The summed E-state index contributed by atoms with van der Waals surface area (Å²) in [7, 11) is 1.60. The zero-order valence-electron chi connectivity index (χ0n) is 10.8. The highest BCUT2D eigenvalue weighted by atomic mass is 19.4. The lowest BCUT2D eigenvalue weighted by Gasteiger charge is -2.09. The van der Waals surface area contributed by atoms with Gasteiger partial charge in [0.15, 0.2) is 0 Å². The summed E-state index contributed by atoms with van der Waals surface area (Å²) in [5.74, 6) is 0.315. The molecule has 9 heteroatoms. The zero-order chi connectivity index (χ0) is 14.8. The molecule has 1 saturated heterocycles. The maximum Gasteiger partial charge on any atom is 0.405 e. The molecule has 2 rings (SSSR count). The maximum absolute atomic E-state index is 12.0. The normalized spacial score (nSPS) is 19.1. The summed E-state index contributed by atoms with van der Waals surface area (Å²) in [6, 6.07) is 0.674. The van der Waals surface area contributed by atoms with Crippen molar-refractivity contribution < 1.29 is 22.7 Å². The van der Waals surface area contributed by atoms with Gasteiger partial charge in [-0.05, 0) is 12.8 Å². The number of rotatable bonds is 3. The second kappa shape index (κ2) is 5.70. The van der Waals surface area contributed by atoms with Crippen LogP contribution < -0.4 is 10.6 Å². The van der Waals surface area contributed by atoms with Crippen LogP contribution in [0.1, 0.15) is 24.6 Å². The highest BCUT2D eigenvalue weighted by Crippen LogP contribution is 2.28. The lowest BCUT2D eigenvalue weighted by atomic mass is 10.2. The first-order chi connectivity index (χ1) is 9.35. The number of urea groups is 1. The smallest absolute Gasteiger partial charge is 0.372 e. The van der Waals surface area contributed by atoms with Gasteiger partial charge in [-0.2, -0.15) is 18.3 Å². The van der Waals surface area contributed by atoms with Crippen LogP contribution in [0, 0.1) is 0 Å². The van der Waals surface area contributed by atoms with E-state index in [2.05, 4.69) is 10.4 Å². The minimum absolute atomic E-state index is 0.116. The molecule has 1 atom stereocenters. The second-order valence-corrected chi connectivity index (χ2v) is 4.50. The van der Waals surface area contributed by atoms with E-state index in [1.165, 1.54) is 4.68 Å². The topological polar surface area (TPSA) is 68.2 Å². The highest BCUT2D eigenvalue weighted by Gasteiger charge is 2.28. The van der Waals surface area contributed by atoms with Gasteiger partial charge in [0.1, 0.15) is 18.5 Å². The van der Waals surface area contributed by atoms with E-state index in [-0.39, 0.29) is 6.10 Å². The van der Waals surface area contributed by atoms with Crippen LogP contribution in [0.5, 0.6) is 0 Å². The summed E-state index contributed by atoms with van der Waals surface area (Å²) < 4.78 is 42.7. The number of aryl methyl sites for hydroxylation is 1. The molecule has 20 heavy (non-hydrogen) atoms. The largest absolute Gasteiger partial charge is 0.405 e. The number of anilines is 1. The summed E-state index contributed by atoms with van der Waals surface area (Å²) in [5.41, 5.74) is 0.663. The SMILES string of the molecule is Cn1nc([C@H]2CCCO2)cc1NC(=O)NCC(F)(F)F. The number of nitrogens with one attached hydrogen (secondary N) is 2. The van der Waals surface area contributed by atoms with Gasteiger partial charge in [-0.25, -0.2) is 4.79 Å². The summed E-state index contributed by atoms with van der Waals surface area (Å²) in [6.07, 6.45) is -2.77. The van der Waals surface area contributed by atoms with Crippen molar-refractivity contribution in [2.75, 3.05) is 18.5 Å². The fourth-order valence-electron chi connectivity index (χ4n) is 1.92. The summed E-state index contributed by atoms with van der Waals surface area (Å²) in [5, 5.41) is 8.23. The van der Waals surface area contributed by atoms with Crippen molar-refractivity contribution in [3.05, 3.63) is 11.8 Å². The number of ether oxygens (including phenoxy) is 1. The number of nitrogens with zero attached hydrogens (tertiary/aromatic N) is 2. The number of carbonyl (C=O) groups excluding carboxylic acids is 1. The Bertz CT molecular complexity index is 481. The molecule has 2 N–H and O–H groups in total. The predicted octanol–water partition coefficient (Wildman–Crippen LogP) is 1.96. The molecular weight excluding hydrogens is 277 g/mol. The molecule has 0 saturated carbocycles. The van der Waals surface area contributed by atoms with Gasteiger partial charge in [-0.1, -0.05) is 0 Å². The van der Waals surface area contributed by atoms with Crippen molar-refractivity contribution >= 4 is 11.8 Å². The van der Waals surface area contributed by atoms with E-state index in [0.717, 1.165) is 12.8 Å². The third kappa shape index (κ3) is 3.86. The second-order valence-electron chi connectivity index (χ2n) is 4.50. The first-order valence-corrected chi connectivity index (χ1v) is 6.12. The van der Waals surface area contributed by atoms with Gasteiger partial charge < -0.3 is 10.1 Å². The molecule has 112 valence electrons. The molecule has 1 aromatic heterocycles. The van der Waals surface area contributed by atoms with E-state index in [4.69, 9.17) is 4.74 Å². The molecule has 0 spiro atoms. The van der Waals surface area contributed by atoms with Crippen molar-refractivity contribution in [2.45, 2.75) is 25.1 Å². The van der Waals surface area contributed by atoms with Gasteiger partial charge in [0.25, 0.3) is 0 Å². The number of carbonyl (C=O) groups is 1. The molecule has 0 aromatic carbocycles. The minimum atomic E-state index is -4.44. The molecule has 6 nitrogen and oxygen atoms in total. The lowest BCUT2D eigenvalue weighted by molar-refractivity contribution is -0.122. The van der Waals surface area contributed by atoms with Crippen LogP contribution in [-0.2, 0) is 11.8 Å². The van der Waals surface area contributed by atoms with Gasteiger partial charge in [0.2, 0.25) is 0 Å². The maximum atomic E-state index is 12.0. The molecule has 0 unspecified atom stereocenters. The lowest BCUT2D eigenvalue weighted by Crippen LogP contribution is -2.37. The Balaban J connectivity index is 1.93. The van der Waals surface area contributed by atoms with Gasteiger partial charge in [-0.3, -0.25) is 10.00 Å². The summed E-state index contributed by atoms with van der Waals surface area (Å²) in [6.45, 7) is -0.717. The molecule has 1 aromatic rings. The molecule has 1 aliphatic rings. The van der Waals surface area contributed by atoms with E-state index in [9.17, 15) is 18.0 Å². The quantitative estimate of drug-likeness (QED) is 0.894. The third-order valence-corrected chi connectivity index (χ3v) is 2.85. The molecule has 0 radical (unpaired) electrons. The van der Waals surface area contributed by atoms with E-state index >= 15 is 0 Å². The first-order valence-electron chi connectivity index (χ1n) is 6.12. The summed E-state index contributed by atoms with van der Waals surface area (Å²) in [4.78, 5) is 11.3. The van der Waals surface area contributed by atoms with Crippen LogP contribution in [-0.4, -0.2) is 35.1 Å². The van der Waals surface area contributed by atoms with Gasteiger partial charge in [0.05, 0.1) is 5.69 Å². The predicted molar refractivity (Wildman–Crippen MR) is 64.2 cm³/mol. The van der Waals surface area contributed by atoms with Gasteiger partial charge in [-0.15, -0.1) is 0 Å². The van der Waals surface area contributed by atoms with Gasteiger partial charge in [0, 0.05) is 19.7 Å². The average Bonchev–Trinajstić information content (AvgIpc) is 2.96. The average molecular weight is 292 g/mol. The molecule has 2 heterocycles. The van der Waals surface area contributed by atoms with Crippen LogP contribution in [0.25, 0.3) is 0 Å². The van der Waals surface area contributed by atoms with Crippen molar-refractivity contribution in [1.82, 2.24) is 15.1 Å². The van der Waals surface area contributed by atoms with E-state index < -0.39 is 18.8 Å². The fourth-order valence-corrected chi connectivity index (χ4v) is 1.92. The van der Waals surface area contributed by atoms with Crippen molar-refractivity contribution in [3.63, 3.8) is 0 Å². The van der Waals surface area contributed by atoms with Crippen LogP contribution in [0.4, 0.5) is 23.8 Å². The van der Waals surface area contributed by atoms with E-state index in [1.807, 2.05) is 0 Å². The number of hydrogen-bond donors (Lipinski definition) is 2. The highest BCUT2D eigenvalue weighted by molar-refractivity contribution is 5.88. The molecule has 1 fully saturated rings. The number of amides is 2. The molecule has 2 amide bonds. The van der Waals surface area contributed by atoms with Crippen LogP contribution in [0.15, 0.2) is 6.07 Å². The Morgan fingerprint density at radius 3 is 2.95 bits per heavy atom. The van der Waals surface area contributed by atoms with Gasteiger partial charge >= 0.3 is 12.2 Å². The Morgan fingerprint density at radius 2 is 2.35 bits per heavy atom.